The van der Waals surface area contributed by atoms with Crippen molar-refractivity contribution >= 4 is 17.5 Å². The lowest BCUT2D eigenvalue weighted by atomic mass is 9.93. The maximum absolute atomic E-state index is 13.3. The predicted molar refractivity (Wildman–Crippen MR) is 104 cm³/mol. The van der Waals surface area contributed by atoms with Gasteiger partial charge in [0, 0.05) is 30.4 Å². The highest BCUT2D eigenvalue weighted by Gasteiger charge is 2.32. The van der Waals surface area contributed by atoms with Crippen molar-refractivity contribution in [2.45, 2.75) is 33.1 Å². The average molecular weight is 378 g/mol. The van der Waals surface area contributed by atoms with Crippen LogP contribution in [0, 0.1) is 20.8 Å². The van der Waals surface area contributed by atoms with Gasteiger partial charge in [-0.15, -0.1) is 0 Å². The van der Waals surface area contributed by atoms with E-state index in [1.165, 1.54) is 0 Å². The van der Waals surface area contributed by atoms with Gasteiger partial charge in [0.15, 0.2) is 5.65 Å². The minimum absolute atomic E-state index is 0.00910. The normalized spacial score (nSPS) is 16.7. The van der Waals surface area contributed by atoms with E-state index >= 15 is 0 Å². The molecule has 1 fully saturated rings. The molecule has 1 aliphatic heterocycles. The SMILES string of the molecule is Cc1cc(C)n2nc(C)c(C(=O)N3CC[C@@H](c4ccccc4C(=O)O)C3)c2n1. The average Bonchev–Trinajstić information content (AvgIpc) is 3.26. The third-order valence-corrected chi connectivity index (χ3v) is 5.39. The molecule has 1 aliphatic rings. The molecule has 1 amide bonds. The van der Waals surface area contributed by atoms with Gasteiger partial charge in [0.05, 0.1) is 11.3 Å². The molecule has 4 rings (SSSR count). The van der Waals surface area contributed by atoms with Crippen LogP contribution in [0.15, 0.2) is 30.3 Å². The summed E-state index contributed by atoms with van der Waals surface area (Å²) in [4.78, 5) is 31.1. The molecule has 1 N–H and O–H groups in total. The number of rotatable bonds is 3. The Bertz CT molecular complexity index is 1100. The maximum atomic E-state index is 13.3. The summed E-state index contributed by atoms with van der Waals surface area (Å²) in [6.45, 7) is 6.74. The van der Waals surface area contributed by atoms with Gasteiger partial charge in [0.1, 0.15) is 5.56 Å². The second-order valence-corrected chi connectivity index (χ2v) is 7.36. The van der Waals surface area contributed by atoms with Crippen molar-refractivity contribution in [3.05, 3.63) is 64.1 Å². The number of benzene rings is 1. The molecule has 3 heterocycles. The van der Waals surface area contributed by atoms with Gasteiger partial charge in [-0.2, -0.15) is 5.10 Å². The molecular formula is C21H22N4O3. The number of hydrogen-bond acceptors (Lipinski definition) is 4. The van der Waals surface area contributed by atoms with Crippen LogP contribution >= 0.6 is 0 Å². The summed E-state index contributed by atoms with van der Waals surface area (Å²) in [6.07, 6.45) is 0.736. The van der Waals surface area contributed by atoms with E-state index in [0.717, 1.165) is 23.4 Å². The second-order valence-electron chi connectivity index (χ2n) is 7.36. The van der Waals surface area contributed by atoms with E-state index in [1.807, 2.05) is 39.0 Å². The van der Waals surface area contributed by atoms with Gasteiger partial charge in [0.25, 0.3) is 5.91 Å². The number of nitrogens with zero attached hydrogens (tertiary/aromatic N) is 4. The fraction of sp³-hybridized carbons (Fsp3) is 0.333. The Kier molecular flexibility index (Phi) is 4.37. The highest BCUT2D eigenvalue weighted by molar-refractivity contribution is 6.01. The summed E-state index contributed by atoms with van der Waals surface area (Å²) >= 11 is 0. The van der Waals surface area contributed by atoms with Crippen LogP contribution in [0.5, 0.6) is 0 Å². The third-order valence-electron chi connectivity index (χ3n) is 5.39. The van der Waals surface area contributed by atoms with Crippen LogP contribution in [0.3, 0.4) is 0 Å². The van der Waals surface area contributed by atoms with Crippen LogP contribution in [0.25, 0.3) is 5.65 Å². The van der Waals surface area contributed by atoms with E-state index in [4.69, 9.17) is 0 Å². The lowest BCUT2D eigenvalue weighted by molar-refractivity contribution is 0.0695. The third kappa shape index (κ3) is 2.93. The predicted octanol–water partition coefficient (Wildman–Crippen LogP) is 2.98. The van der Waals surface area contributed by atoms with E-state index in [2.05, 4.69) is 10.1 Å². The number of hydrogen-bond donors (Lipinski definition) is 1. The monoisotopic (exact) mass is 378 g/mol. The Balaban J connectivity index is 1.66. The van der Waals surface area contributed by atoms with E-state index in [0.29, 0.717) is 35.6 Å². The number of carbonyl (C=O) groups excluding carboxylic acids is 1. The highest BCUT2D eigenvalue weighted by atomic mass is 16.4. The number of carboxylic acids is 1. The van der Waals surface area contributed by atoms with Crippen molar-refractivity contribution in [2.24, 2.45) is 0 Å². The minimum Gasteiger partial charge on any atom is -0.478 e. The van der Waals surface area contributed by atoms with Crippen molar-refractivity contribution in [3.63, 3.8) is 0 Å². The van der Waals surface area contributed by atoms with Gasteiger partial charge in [0.2, 0.25) is 0 Å². The zero-order chi connectivity index (χ0) is 20.0. The van der Waals surface area contributed by atoms with Gasteiger partial charge in [-0.25, -0.2) is 14.3 Å². The van der Waals surface area contributed by atoms with Gasteiger partial charge in [-0.1, -0.05) is 18.2 Å². The Morgan fingerprint density at radius 1 is 1.18 bits per heavy atom. The molecule has 0 bridgehead atoms. The zero-order valence-electron chi connectivity index (χ0n) is 16.1. The zero-order valence-corrected chi connectivity index (χ0v) is 16.1. The fourth-order valence-electron chi connectivity index (χ4n) is 4.08. The van der Waals surface area contributed by atoms with Gasteiger partial charge >= 0.3 is 5.97 Å². The molecule has 1 aromatic carbocycles. The molecular weight excluding hydrogens is 356 g/mol. The number of aryl methyl sites for hydroxylation is 3. The summed E-state index contributed by atoms with van der Waals surface area (Å²) in [5.74, 6) is -1.02. The van der Waals surface area contributed by atoms with Crippen molar-refractivity contribution in [2.75, 3.05) is 13.1 Å². The molecule has 0 spiro atoms. The summed E-state index contributed by atoms with van der Waals surface area (Å²) in [6, 6.07) is 8.97. The first-order valence-electron chi connectivity index (χ1n) is 9.32. The molecule has 1 atom stereocenters. The highest BCUT2D eigenvalue weighted by Crippen LogP contribution is 2.31. The van der Waals surface area contributed by atoms with Crippen LogP contribution in [-0.4, -0.2) is 49.6 Å². The Labute approximate surface area is 162 Å². The van der Waals surface area contributed by atoms with Crippen LogP contribution in [-0.2, 0) is 0 Å². The first-order valence-corrected chi connectivity index (χ1v) is 9.32. The number of aromatic carboxylic acids is 1. The minimum atomic E-state index is -0.936. The van der Waals surface area contributed by atoms with Crippen LogP contribution < -0.4 is 0 Å². The summed E-state index contributed by atoms with van der Waals surface area (Å²) in [5.41, 5.74) is 4.62. The van der Waals surface area contributed by atoms with Gasteiger partial charge < -0.3 is 10.0 Å². The molecule has 3 aromatic rings. The van der Waals surface area contributed by atoms with Gasteiger partial charge in [-0.3, -0.25) is 4.79 Å². The molecule has 7 nitrogen and oxygen atoms in total. The molecule has 144 valence electrons. The van der Waals surface area contributed by atoms with Crippen molar-refractivity contribution in [3.8, 4) is 0 Å². The first kappa shape index (κ1) is 18.2. The van der Waals surface area contributed by atoms with Crippen molar-refractivity contribution < 1.29 is 14.7 Å². The number of likely N-dealkylation sites (tertiary alicyclic amines) is 1. The van der Waals surface area contributed by atoms with E-state index in [9.17, 15) is 14.7 Å². The molecule has 0 aliphatic carbocycles. The Hall–Kier alpha value is -3.22. The molecule has 0 saturated carbocycles. The largest absolute Gasteiger partial charge is 0.478 e. The lowest BCUT2D eigenvalue weighted by Gasteiger charge is -2.17. The molecule has 1 saturated heterocycles. The molecule has 7 heteroatoms. The molecule has 0 unspecified atom stereocenters. The summed E-state index contributed by atoms with van der Waals surface area (Å²) in [7, 11) is 0. The van der Waals surface area contributed by atoms with Crippen LogP contribution in [0.2, 0.25) is 0 Å². The van der Waals surface area contributed by atoms with Crippen molar-refractivity contribution in [1.82, 2.24) is 19.5 Å². The molecule has 0 radical (unpaired) electrons. The number of amides is 1. The smallest absolute Gasteiger partial charge is 0.335 e. The standard InChI is InChI=1S/C21H22N4O3/c1-12-10-13(2)25-19(22-12)18(14(3)23-25)20(26)24-9-8-15(11-24)16-6-4-5-7-17(16)21(27)28/h4-7,10,15H,8-9,11H2,1-3H3,(H,27,28)/t15-/m1/s1. The topological polar surface area (TPSA) is 87.8 Å². The fourth-order valence-corrected chi connectivity index (χ4v) is 4.08. The van der Waals surface area contributed by atoms with Crippen molar-refractivity contribution in [1.29, 1.82) is 0 Å². The number of carbonyl (C=O) groups is 2. The van der Waals surface area contributed by atoms with Gasteiger partial charge in [-0.05, 0) is 44.9 Å². The maximum Gasteiger partial charge on any atom is 0.335 e. The summed E-state index contributed by atoms with van der Waals surface area (Å²) < 4.78 is 1.71. The number of carboxylic acid groups (broad SMARTS) is 1. The number of fused-ring (bicyclic) bond motifs is 1. The number of aromatic nitrogens is 3. The van der Waals surface area contributed by atoms with E-state index < -0.39 is 5.97 Å². The van der Waals surface area contributed by atoms with E-state index in [-0.39, 0.29) is 11.8 Å². The summed E-state index contributed by atoms with van der Waals surface area (Å²) in [5, 5.41) is 13.9. The van der Waals surface area contributed by atoms with Crippen LogP contribution in [0.1, 0.15) is 55.7 Å². The van der Waals surface area contributed by atoms with E-state index in [1.54, 1.807) is 21.5 Å². The Morgan fingerprint density at radius 3 is 2.68 bits per heavy atom. The molecule has 28 heavy (non-hydrogen) atoms. The molecule has 2 aromatic heterocycles. The first-order chi connectivity index (χ1) is 13.4. The Morgan fingerprint density at radius 2 is 1.93 bits per heavy atom. The van der Waals surface area contributed by atoms with Crippen LogP contribution in [0.4, 0.5) is 0 Å². The second kappa shape index (κ2) is 6.74. The quantitative estimate of drug-likeness (QED) is 0.757. The lowest BCUT2D eigenvalue weighted by Crippen LogP contribution is -2.29.